The quantitative estimate of drug-likeness (QED) is 0.680. The van der Waals surface area contributed by atoms with E-state index in [1.54, 1.807) is 35.5 Å². The maximum absolute atomic E-state index is 12.9. The van der Waals surface area contributed by atoms with Crippen molar-refractivity contribution in [2.75, 3.05) is 18.6 Å². The van der Waals surface area contributed by atoms with Crippen molar-refractivity contribution in [1.29, 1.82) is 0 Å². The first kappa shape index (κ1) is 14.4. The van der Waals surface area contributed by atoms with Crippen molar-refractivity contribution in [1.82, 2.24) is 9.38 Å². The minimum absolute atomic E-state index is 0.0600. The number of aromatic nitrogens is 2. The third-order valence-corrected chi connectivity index (χ3v) is 4.28. The average molecular weight is 321 g/mol. The molecule has 0 N–H and O–H groups in total. The van der Waals surface area contributed by atoms with Crippen LogP contribution in [0.25, 0.3) is 5.65 Å². The van der Waals surface area contributed by atoms with Crippen molar-refractivity contribution < 1.29 is 14.3 Å². The Balaban J connectivity index is 1.67. The van der Waals surface area contributed by atoms with Crippen LogP contribution >= 0.6 is 0 Å². The molecule has 6 nitrogen and oxygen atoms in total. The molecule has 0 unspecified atom stereocenters. The fourth-order valence-corrected chi connectivity index (χ4v) is 3.06. The molecule has 1 aliphatic heterocycles. The van der Waals surface area contributed by atoms with Gasteiger partial charge in [-0.15, -0.1) is 0 Å². The van der Waals surface area contributed by atoms with E-state index in [-0.39, 0.29) is 11.9 Å². The van der Waals surface area contributed by atoms with Gasteiger partial charge < -0.3 is 14.0 Å². The number of amides is 1. The maximum atomic E-state index is 12.9. The number of carbonyl (C=O) groups is 2. The van der Waals surface area contributed by atoms with Crippen molar-refractivity contribution in [3.63, 3.8) is 0 Å². The molecule has 2 aromatic heterocycles. The zero-order chi connectivity index (χ0) is 16.7. The number of rotatable bonds is 2. The number of carbonyl (C=O) groups excluding carboxylic acids is 2. The van der Waals surface area contributed by atoms with Gasteiger partial charge in [-0.2, -0.15) is 0 Å². The number of anilines is 1. The highest BCUT2D eigenvalue weighted by Gasteiger charge is 2.26. The maximum Gasteiger partial charge on any atom is 0.337 e. The molecule has 0 aliphatic carbocycles. The number of methoxy groups -OCH3 is 1. The van der Waals surface area contributed by atoms with E-state index in [9.17, 15) is 9.59 Å². The second-order valence-corrected chi connectivity index (χ2v) is 5.65. The van der Waals surface area contributed by atoms with E-state index in [1.165, 1.54) is 7.11 Å². The predicted molar refractivity (Wildman–Crippen MR) is 88.4 cm³/mol. The van der Waals surface area contributed by atoms with Crippen molar-refractivity contribution in [2.45, 2.75) is 6.42 Å². The van der Waals surface area contributed by atoms with Gasteiger partial charge >= 0.3 is 5.97 Å². The van der Waals surface area contributed by atoms with Gasteiger partial charge in [0.25, 0.3) is 5.91 Å². The number of imidazole rings is 1. The molecule has 4 rings (SSSR count). The largest absolute Gasteiger partial charge is 0.465 e. The Morgan fingerprint density at radius 2 is 2.00 bits per heavy atom. The number of hydrogen-bond donors (Lipinski definition) is 0. The van der Waals surface area contributed by atoms with E-state index < -0.39 is 0 Å². The van der Waals surface area contributed by atoms with E-state index >= 15 is 0 Å². The lowest BCUT2D eigenvalue weighted by molar-refractivity contribution is 0.0600. The standard InChI is InChI=1S/C18H15N3O3/c1-24-18(23)13-2-4-15-12(10-13)6-8-21(15)17(22)14-3-5-16-19-7-9-20(16)11-14/h2-5,7,9-11H,6,8H2,1H3. The summed E-state index contributed by atoms with van der Waals surface area (Å²) >= 11 is 0. The average Bonchev–Trinajstić information content (AvgIpc) is 3.25. The van der Waals surface area contributed by atoms with Crippen LogP contribution in [0.15, 0.2) is 48.9 Å². The van der Waals surface area contributed by atoms with Gasteiger partial charge in [0, 0.05) is 30.8 Å². The lowest BCUT2D eigenvalue weighted by Crippen LogP contribution is -2.29. The lowest BCUT2D eigenvalue weighted by atomic mass is 10.1. The van der Waals surface area contributed by atoms with Gasteiger partial charge in [-0.25, -0.2) is 9.78 Å². The second kappa shape index (κ2) is 5.49. The number of hydrogen-bond acceptors (Lipinski definition) is 4. The van der Waals surface area contributed by atoms with Crippen molar-refractivity contribution in [3.8, 4) is 0 Å². The SMILES string of the molecule is COC(=O)c1ccc2c(c1)CCN2C(=O)c1ccc2nccn2c1. The fourth-order valence-electron chi connectivity index (χ4n) is 3.06. The summed E-state index contributed by atoms with van der Waals surface area (Å²) in [5, 5.41) is 0. The Morgan fingerprint density at radius 3 is 2.83 bits per heavy atom. The van der Waals surface area contributed by atoms with Gasteiger partial charge in [0.05, 0.1) is 18.2 Å². The Morgan fingerprint density at radius 1 is 1.17 bits per heavy atom. The van der Waals surface area contributed by atoms with Gasteiger partial charge in [-0.3, -0.25) is 4.79 Å². The number of ether oxygens (including phenoxy) is 1. The fraction of sp³-hybridized carbons (Fsp3) is 0.167. The van der Waals surface area contributed by atoms with Crippen LogP contribution in [0.2, 0.25) is 0 Å². The molecule has 0 saturated carbocycles. The van der Waals surface area contributed by atoms with Crippen LogP contribution in [0.1, 0.15) is 26.3 Å². The molecule has 120 valence electrons. The Bertz CT molecular complexity index is 961. The molecule has 0 fully saturated rings. The summed E-state index contributed by atoms with van der Waals surface area (Å²) < 4.78 is 6.57. The number of pyridine rings is 1. The van der Waals surface area contributed by atoms with Gasteiger partial charge in [0.15, 0.2) is 0 Å². The molecule has 0 bridgehead atoms. The summed E-state index contributed by atoms with van der Waals surface area (Å²) in [7, 11) is 1.36. The zero-order valence-corrected chi connectivity index (χ0v) is 13.1. The number of benzene rings is 1. The van der Waals surface area contributed by atoms with Gasteiger partial charge in [0.1, 0.15) is 5.65 Å². The summed E-state index contributed by atoms with van der Waals surface area (Å²) in [6, 6.07) is 8.90. The summed E-state index contributed by atoms with van der Waals surface area (Å²) in [4.78, 5) is 30.4. The van der Waals surface area contributed by atoms with E-state index in [1.807, 2.05) is 22.7 Å². The summed E-state index contributed by atoms with van der Waals surface area (Å²) in [6.07, 6.45) is 6.01. The van der Waals surface area contributed by atoms with Gasteiger partial charge in [-0.1, -0.05) is 0 Å². The second-order valence-electron chi connectivity index (χ2n) is 5.65. The third-order valence-electron chi connectivity index (χ3n) is 4.28. The highest BCUT2D eigenvalue weighted by Crippen LogP contribution is 2.30. The van der Waals surface area contributed by atoms with E-state index in [4.69, 9.17) is 4.74 Å². The smallest absolute Gasteiger partial charge is 0.337 e. The monoisotopic (exact) mass is 321 g/mol. The lowest BCUT2D eigenvalue weighted by Gasteiger charge is -2.17. The Hall–Kier alpha value is -3.15. The molecule has 3 heterocycles. The van der Waals surface area contributed by atoms with E-state index in [0.717, 1.165) is 23.3 Å². The number of fused-ring (bicyclic) bond motifs is 2. The van der Waals surface area contributed by atoms with Crippen LogP contribution in [0.3, 0.4) is 0 Å². The Labute approximate surface area is 138 Å². The highest BCUT2D eigenvalue weighted by molar-refractivity contribution is 6.07. The highest BCUT2D eigenvalue weighted by atomic mass is 16.5. The zero-order valence-electron chi connectivity index (χ0n) is 13.1. The molecule has 24 heavy (non-hydrogen) atoms. The van der Waals surface area contributed by atoms with Gasteiger partial charge in [0.2, 0.25) is 0 Å². The number of nitrogens with zero attached hydrogens (tertiary/aromatic N) is 3. The summed E-state index contributed by atoms with van der Waals surface area (Å²) in [6.45, 7) is 0.598. The Kier molecular flexibility index (Phi) is 3.30. The van der Waals surface area contributed by atoms with E-state index in [2.05, 4.69) is 4.98 Å². The van der Waals surface area contributed by atoms with Crippen LogP contribution in [-0.4, -0.2) is 34.9 Å². The summed E-state index contributed by atoms with van der Waals surface area (Å²) in [5.74, 6) is -0.427. The molecule has 3 aromatic rings. The minimum atomic E-state index is -0.367. The molecule has 1 aromatic carbocycles. The first-order valence-corrected chi connectivity index (χ1v) is 7.63. The first-order valence-electron chi connectivity index (χ1n) is 7.63. The molecule has 6 heteroatoms. The first-order chi connectivity index (χ1) is 11.7. The molecule has 0 saturated heterocycles. The normalized spacial score (nSPS) is 13.1. The van der Waals surface area contributed by atoms with Crippen LogP contribution in [-0.2, 0) is 11.2 Å². The van der Waals surface area contributed by atoms with Crippen molar-refractivity contribution in [2.24, 2.45) is 0 Å². The molecule has 1 amide bonds. The van der Waals surface area contributed by atoms with Crippen LogP contribution in [0.5, 0.6) is 0 Å². The van der Waals surface area contributed by atoms with Crippen LogP contribution in [0, 0.1) is 0 Å². The molecular formula is C18H15N3O3. The molecule has 1 aliphatic rings. The predicted octanol–water partition coefficient (Wildman–Crippen LogP) is 2.32. The van der Waals surface area contributed by atoms with Crippen molar-refractivity contribution >= 4 is 23.2 Å². The van der Waals surface area contributed by atoms with Gasteiger partial charge in [-0.05, 0) is 42.3 Å². The minimum Gasteiger partial charge on any atom is -0.465 e. The molecule has 0 spiro atoms. The third kappa shape index (κ3) is 2.23. The van der Waals surface area contributed by atoms with Crippen LogP contribution < -0.4 is 4.90 Å². The van der Waals surface area contributed by atoms with E-state index in [0.29, 0.717) is 17.7 Å². The topological polar surface area (TPSA) is 63.9 Å². The van der Waals surface area contributed by atoms with Crippen LogP contribution in [0.4, 0.5) is 5.69 Å². The molecular weight excluding hydrogens is 306 g/mol. The number of esters is 1. The van der Waals surface area contributed by atoms with Crippen molar-refractivity contribution in [3.05, 3.63) is 65.6 Å². The molecule has 0 radical (unpaired) electrons. The summed E-state index contributed by atoms with van der Waals surface area (Å²) in [5.41, 5.74) is 3.74. The molecule has 0 atom stereocenters.